The van der Waals surface area contributed by atoms with Crippen molar-refractivity contribution in [3.63, 3.8) is 0 Å². The molecule has 1 aromatic rings. The van der Waals surface area contributed by atoms with E-state index in [1.165, 1.54) is 0 Å². The lowest BCUT2D eigenvalue weighted by molar-refractivity contribution is -0.171. The molecule has 1 aliphatic rings. The monoisotopic (exact) mass is 285 g/mol. The molecule has 88 valence electrons. The first-order valence-corrected chi connectivity index (χ1v) is 6.30. The summed E-state index contributed by atoms with van der Waals surface area (Å²) in [5.74, 6) is -0.569. The molecule has 0 unspecified atom stereocenters. The van der Waals surface area contributed by atoms with Crippen LogP contribution < -0.4 is 5.73 Å². The molecule has 0 bridgehead atoms. The van der Waals surface area contributed by atoms with E-state index in [9.17, 15) is 0 Å². The molecule has 0 radical (unpaired) electrons. The standard InChI is InChI=1S/C12H16BrNO2/c13-11-4-2-10(3-5-11)12(6-1-7-14)15-8-9-16-12/h2-5H,1,6-9,14H2. The van der Waals surface area contributed by atoms with Crippen LogP contribution in [-0.4, -0.2) is 19.8 Å². The number of halogens is 1. The predicted molar refractivity (Wildman–Crippen MR) is 66.0 cm³/mol. The molecule has 0 saturated carbocycles. The van der Waals surface area contributed by atoms with Crippen LogP contribution >= 0.6 is 15.9 Å². The van der Waals surface area contributed by atoms with Crippen molar-refractivity contribution < 1.29 is 9.47 Å². The summed E-state index contributed by atoms with van der Waals surface area (Å²) in [6.45, 7) is 1.96. The zero-order valence-corrected chi connectivity index (χ0v) is 10.7. The van der Waals surface area contributed by atoms with Crippen LogP contribution in [0.4, 0.5) is 0 Å². The third-order valence-corrected chi connectivity index (χ3v) is 3.28. The average Bonchev–Trinajstić information content (AvgIpc) is 2.77. The fraction of sp³-hybridized carbons (Fsp3) is 0.500. The first-order chi connectivity index (χ1) is 7.77. The normalized spacial score (nSPS) is 18.9. The van der Waals surface area contributed by atoms with Gasteiger partial charge in [-0.25, -0.2) is 0 Å². The second kappa shape index (κ2) is 5.27. The maximum absolute atomic E-state index is 5.78. The van der Waals surface area contributed by atoms with E-state index >= 15 is 0 Å². The molecule has 1 saturated heterocycles. The molecule has 16 heavy (non-hydrogen) atoms. The first-order valence-electron chi connectivity index (χ1n) is 5.51. The summed E-state index contributed by atoms with van der Waals surface area (Å²) in [4.78, 5) is 0. The van der Waals surface area contributed by atoms with Crippen molar-refractivity contribution in [2.45, 2.75) is 18.6 Å². The van der Waals surface area contributed by atoms with Crippen molar-refractivity contribution in [3.8, 4) is 0 Å². The Morgan fingerprint density at radius 1 is 1.19 bits per heavy atom. The lowest BCUT2D eigenvalue weighted by Gasteiger charge is -2.27. The molecule has 2 rings (SSSR count). The molecular weight excluding hydrogens is 270 g/mol. The van der Waals surface area contributed by atoms with Crippen molar-refractivity contribution in [2.24, 2.45) is 5.73 Å². The topological polar surface area (TPSA) is 44.5 Å². The Morgan fingerprint density at radius 2 is 1.81 bits per heavy atom. The van der Waals surface area contributed by atoms with Gasteiger partial charge in [0.25, 0.3) is 0 Å². The van der Waals surface area contributed by atoms with Gasteiger partial charge in [0.2, 0.25) is 0 Å². The number of hydrogen-bond donors (Lipinski definition) is 1. The van der Waals surface area contributed by atoms with Gasteiger partial charge >= 0.3 is 0 Å². The van der Waals surface area contributed by atoms with Gasteiger partial charge in [-0.05, 0) is 25.1 Å². The van der Waals surface area contributed by atoms with Gasteiger partial charge in [-0.15, -0.1) is 0 Å². The quantitative estimate of drug-likeness (QED) is 0.924. The number of nitrogens with two attached hydrogens (primary N) is 1. The van der Waals surface area contributed by atoms with E-state index in [0.29, 0.717) is 19.8 Å². The third-order valence-electron chi connectivity index (χ3n) is 2.75. The lowest BCUT2D eigenvalue weighted by Crippen LogP contribution is -2.28. The zero-order valence-electron chi connectivity index (χ0n) is 9.12. The van der Waals surface area contributed by atoms with E-state index in [0.717, 1.165) is 22.9 Å². The largest absolute Gasteiger partial charge is 0.343 e. The van der Waals surface area contributed by atoms with E-state index in [4.69, 9.17) is 15.2 Å². The van der Waals surface area contributed by atoms with Crippen molar-refractivity contribution in [3.05, 3.63) is 34.3 Å². The minimum Gasteiger partial charge on any atom is -0.343 e. The second-order valence-corrected chi connectivity index (χ2v) is 4.76. The summed E-state index contributed by atoms with van der Waals surface area (Å²) in [7, 11) is 0. The van der Waals surface area contributed by atoms with Gasteiger partial charge in [0.15, 0.2) is 5.79 Å². The van der Waals surface area contributed by atoms with E-state index < -0.39 is 5.79 Å². The van der Waals surface area contributed by atoms with Crippen LogP contribution in [0.25, 0.3) is 0 Å². The van der Waals surface area contributed by atoms with Crippen molar-refractivity contribution >= 4 is 15.9 Å². The Labute approximate surface area is 104 Å². The Balaban J connectivity index is 2.21. The third kappa shape index (κ3) is 2.46. The molecule has 0 amide bonds. The predicted octanol–water partition coefficient (Wildman–Crippen LogP) is 2.39. The molecule has 1 fully saturated rings. The molecule has 2 N–H and O–H groups in total. The summed E-state index contributed by atoms with van der Waals surface area (Å²) in [5.41, 5.74) is 6.62. The highest BCUT2D eigenvalue weighted by atomic mass is 79.9. The van der Waals surface area contributed by atoms with Crippen LogP contribution in [-0.2, 0) is 15.3 Å². The number of hydrogen-bond acceptors (Lipinski definition) is 3. The van der Waals surface area contributed by atoms with E-state index in [2.05, 4.69) is 15.9 Å². The molecule has 0 spiro atoms. The highest BCUT2D eigenvalue weighted by Gasteiger charge is 2.37. The number of ether oxygens (including phenoxy) is 2. The highest BCUT2D eigenvalue weighted by molar-refractivity contribution is 9.10. The van der Waals surface area contributed by atoms with Crippen molar-refractivity contribution in [1.29, 1.82) is 0 Å². The summed E-state index contributed by atoms with van der Waals surface area (Å²) in [6, 6.07) is 8.08. The zero-order chi connectivity index (χ0) is 11.4. The van der Waals surface area contributed by atoms with Gasteiger partial charge < -0.3 is 15.2 Å². The maximum Gasteiger partial charge on any atom is 0.195 e. The molecule has 1 aromatic carbocycles. The summed E-state index contributed by atoms with van der Waals surface area (Å²) < 4.78 is 12.6. The Kier molecular flexibility index (Phi) is 3.97. The Hall–Kier alpha value is -0.420. The molecular formula is C12H16BrNO2. The fourth-order valence-electron chi connectivity index (χ4n) is 1.95. The molecule has 0 aromatic heterocycles. The van der Waals surface area contributed by atoms with E-state index in [1.54, 1.807) is 0 Å². The van der Waals surface area contributed by atoms with Gasteiger partial charge in [-0.3, -0.25) is 0 Å². The van der Waals surface area contributed by atoms with Crippen molar-refractivity contribution in [2.75, 3.05) is 19.8 Å². The molecule has 0 aliphatic carbocycles. The summed E-state index contributed by atoms with van der Waals surface area (Å²) >= 11 is 3.42. The van der Waals surface area contributed by atoms with Crippen LogP contribution in [0.2, 0.25) is 0 Å². The van der Waals surface area contributed by atoms with Gasteiger partial charge in [0.1, 0.15) is 0 Å². The van der Waals surface area contributed by atoms with Gasteiger partial charge in [0, 0.05) is 16.5 Å². The van der Waals surface area contributed by atoms with Crippen molar-refractivity contribution in [1.82, 2.24) is 0 Å². The fourth-order valence-corrected chi connectivity index (χ4v) is 2.21. The molecule has 0 atom stereocenters. The van der Waals surface area contributed by atoms with Crippen LogP contribution in [0.5, 0.6) is 0 Å². The van der Waals surface area contributed by atoms with E-state index in [1.807, 2.05) is 24.3 Å². The number of benzene rings is 1. The SMILES string of the molecule is NCCCC1(c2ccc(Br)cc2)OCCO1. The second-order valence-electron chi connectivity index (χ2n) is 3.85. The van der Waals surface area contributed by atoms with Crippen LogP contribution in [0.15, 0.2) is 28.7 Å². The minimum absolute atomic E-state index is 0.569. The molecule has 3 nitrogen and oxygen atoms in total. The first kappa shape index (κ1) is 12.0. The highest BCUT2D eigenvalue weighted by Crippen LogP contribution is 2.36. The number of rotatable bonds is 4. The van der Waals surface area contributed by atoms with Gasteiger partial charge in [-0.1, -0.05) is 28.1 Å². The van der Waals surface area contributed by atoms with Gasteiger partial charge in [-0.2, -0.15) is 0 Å². The minimum atomic E-state index is -0.569. The summed E-state index contributed by atoms with van der Waals surface area (Å²) in [6.07, 6.45) is 1.71. The van der Waals surface area contributed by atoms with Crippen LogP contribution in [0.3, 0.4) is 0 Å². The molecule has 1 aliphatic heterocycles. The van der Waals surface area contributed by atoms with Crippen LogP contribution in [0.1, 0.15) is 18.4 Å². The van der Waals surface area contributed by atoms with Gasteiger partial charge in [0.05, 0.1) is 13.2 Å². The van der Waals surface area contributed by atoms with E-state index in [-0.39, 0.29) is 0 Å². The average molecular weight is 286 g/mol. The Morgan fingerprint density at radius 3 is 2.38 bits per heavy atom. The smallest absolute Gasteiger partial charge is 0.195 e. The maximum atomic E-state index is 5.78. The molecule has 1 heterocycles. The summed E-state index contributed by atoms with van der Waals surface area (Å²) in [5, 5.41) is 0. The Bertz CT molecular complexity index is 333. The molecule has 4 heteroatoms. The lowest BCUT2D eigenvalue weighted by atomic mass is 10.0. The van der Waals surface area contributed by atoms with Crippen LogP contribution in [0, 0.1) is 0 Å².